The fourth-order valence-electron chi connectivity index (χ4n) is 2.97. The molecule has 3 nitrogen and oxygen atoms in total. The second kappa shape index (κ2) is 6.25. The first-order valence-corrected chi connectivity index (χ1v) is 7.69. The van der Waals surface area contributed by atoms with Gasteiger partial charge in [-0.05, 0) is 60.8 Å². The molecule has 4 heteroatoms. The highest BCUT2D eigenvalue weighted by atomic mass is 79.9. The van der Waals surface area contributed by atoms with Crippen LogP contribution in [-0.4, -0.2) is 37.4 Å². The van der Waals surface area contributed by atoms with Crippen LogP contribution in [0.2, 0.25) is 0 Å². The zero-order valence-electron chi connectivity index (χ0n) is 11.7. The summed E-state index contributed by atoms with van der Waals surface area (Å²) in [4.78, 5) is 2.34. The normalized spacial score (nSPS) is 27.3. The first-order chi connectivity index (χ1) is 9.06. The van der Waals surface area contributed by atoms with E-state index in [1.807, 2.05) is 13.1 Å². The van der Waals surface area contributed by atoms with Crippen LogP contribution in [0.4, 0.5) is 5.69 Å². The van der Waals surface area contributed by atoms with Crippen molar-refractivity contribution in [2.45, 2.75) is 37.3 Å². The number of benzene rings is 1. The van der Waals surface area contributed by atoms with Gasteiger partial charge in [-0.25, -0.2) is 0 Å². The van der Waals surface area contributed by atoms with Gasteiger partial charge >= 0.3 is 0 Å². The number of nitrogens with zero attached hydrogens (tertiary/aromatic N) is 1. The van der Waals surface area contributed by atoms with E-state index >= 15 is 0 Å². The third-order valence-corrected chi connectivity index (χ3v) is 4.84. The smallest absolute Gasteiger partial charge is 0.0773 e. The van der Waals surface area contributed by atoms with Crippen molar-refractivity contribution in [2.75, 3.05) is 25.5 Å². The summed E-state index contributed by atoms with van der Waals surface area (Å²) in [5, 5.41) is 13.5. The highest BCUT2D eigenvalue weighted by Gasteiger charge is 2.34. The predicted molar refractivity (Wildman–Crippen MR) is 83.7 cm³/mol. The van der Waals surface area contributed by atoms with E-state index in [2.05, 4.69) is 51.4 Å². The van der Waals surface area contributed by atoms with Crippen LogP contribution in [0.3, 0.4) is 0 Å². The number of aliphatic hydroxyl groups is 1. The summed E-state index contributed by atoms with van der Waals surface area (Å²) in [6.07, 6.45) is 3.81. The molecule has 1 aliphatic rings. The molecular formula is C15H23BrN2O. The van der Waals surface area contributed by atoms with Gasteiger partial charge in [0.1, 0.15) is 0 Å². The summed E-state index contributed by atoms with van der Waals surface area (Å²) in [5.41, 5.74) is 0.714. The van der Waals surface area contributed by atoms with Crippen molar-refractivity contribution in [3.05, 3.63) is 28.7 Å². The standard InChI is InChI=1S/C15H23BrN2O/c1-17-11-15(19)9-7-12(8-10-15)18(2)14-6-4-3-5-13(14)16/h3-6,12,17,19H,7-11H2,1-2H3. The molecule has 0 spiro atoms. The van der Waals surface area contributed by atoms with Crippen molar-refractivity contribution < 1.29 is 5.11 Å². The molecule has 0 heterocycles. The molecule has 2 N–H and O–H groups in total. The average Bonchev–Trinajstić information content (AvgIpc) is 2.39. The van der Waals surface area contributed by atoms with Crippen LogP contribution in [0.1, 0.15) is 25.7 Å². The molecule has 0 atom stereocenters. The number of anilines is 1. The third kappa shape index (κ3) is 3.50. The lowest BCUT2D eigenvalue weighted by Gasteiger charge is -2.40. The zero-order valence-corrected chi connectivity index (χ0v) is 13.3. The van der Waals surface area contributed by atoms with E-state index < -0.39 is 5.60 Å². The number of hydrogen-bond donors (Lipinski definition) is 2. The van der Waals surface area contributed by atoms with E-state index in [1.54, 1.807) is 0 Å². The average molecular weight is 327 g/mol. The van der Waals surface area contributed by atoms with E-state index in [9.17, 15) is 5.11 Å². The van der Waals surface area contributed by atoms with Crippen molar-refractivity contribution in [2.24, 2.45) is 0 Å². The number of nitrogens with one attached hydrogen (secondary N) is 1. The summed E-state index contributed by atoms with van der Waals surface area (Å²) in [6.45, 7) is 0.693. The Morgan fingerprint density at radius 3 is 2.58 bits per heavy atom. The largest absolute Gasteiger partial charge is 0.389 e. The molecule has 1 fully saturated rings. The summed E-state index contributed by atoms with van der Waals surface area (Å²) < 4.78 is 1.13. The molecule has 0 saturated heterocycles. The molecule has 0 bridgehead atoms. The molecule has 19 heavy (non-hydrogen) atoms. The summed E-state index contributed by atoms with van der Waals surface area (Å²) in [7, 11) is 4.05. The van der Waals surface area contributed by atoms with Crippen molar-refractivity contribution in [1.82, 2.24) is 5.32 Å². The lowest BCUT2D eigenvalue weighted by Crippen LogP contribution is -2.47. The van der Waals surface area contributed by atoms with Gasteiger partial charge in [-0.3, -0.25) is 0 Å². The molecule has 0 unspecified atom stereocenters. The summed E-state index contributed by atoms with van der Waals surface area (Å²) in [5.74, 6) is 0. The summed E-state index contributed by atoms with van der Waals surface area (Å²) in [6, 6.07) is 8.82. The Balaban J connectivity index is 2.00. The Morgan fingerprint density at radius 1 is 1.37 bits per heavy atom. The van der Waals surface area contributed by atoms with Crippen LogP contribution in [0.25, 0.3) is 0 Å². The minimum Gasteiger partial charge on any atom is -0.389 e. The quantitative estimate of drug-likeness (QED) is 0.893. The number of halogens is 1. The van der Waals surface area contributed by atoms with Gasteiger partial charge in [0.25, 0.3) is 0 Å². The van der Waals surface area contributed by atoms with Gasteiger partial charge in [0.2, 0.25) is 0 Å². The molecule has 0 amide bonds. The fraction of sp³-hybridized carbons (Fsp3) is 0.600. The van der Waals surface area contributed by atoms with E-state index in [1.165, 1.54) is 5.69 Å². The number of rotatable bonds is 4. The molecule has 1 saturated carbocycles. The monoisotopic (exact) mass is 326 g/mol. The van der Waals surface area contributed by atoms with Crippen LogP contribution in [0, 0.1) is 0 Å². The highest BCUT2D eigenvalue weighted by molar-refractivity contribution is 9.10. The minimum atomic E-state index is -0.514. The van der Waals surface area contributed by atoms with Crippen molar-refractivity contribution in [3.63, 3.8) is 0 Å². The van der Waals surface area contributed by atoms with Crippen LogP contribution in [0.5, 0.6) is 0 Å². The van der Waals surface area contributed by atoms with Crippen molar-refractivity contribution >= 4 is 21.6 Å². The van der Waals surface area contributed by atoms with Gasteiger partial charge in [-0.2, -0.15) is 0 Å². The lowest BCUT2D eigenvalue weighted by molar-refractivity contribution is 0.00199. The Morgan fingerprint density at radius 2 is 2.00 bits per heavy atom. The zero-order chi connectivity index (χ0) is 13.9. The first-order valence-electron chi connectivity index (χ1n) is 6.90. The van der Waals surface area contributed by atoms with E-state index in [-0.39, 0.29) is 0 Å². The molecule has 106 valence electrons. The fourth-order valence-corrected chi connectivity index (χ4v) is 3.53. The highest BCUT2D eigenvalue weighted by Crippen LogP contribution is 2.34. The molecule has 0 radical (unpaired) electrons. The maximum Gasteiger partial charge on any atom is 0.0773 e. The minimum absolute atomic E-state index is 0.510. The summed E-state index contributed by atoms with van der Waals surface area (Å²) >= 11 is 3.61. The van der Waals surface area contributed by atoms with Crippen LogP contribution >= 0.6 is 15.9 Å². The molecule has 0 aromatic heterocycles. The Kier molecular flexibility index (Phi) is 4.87. The second-order valence-electron chi connectivity index (χ2n) is 5.55. The van der Waals surface area contributed by atoms with Gasteiger partial charge in [-0.1, -0.05) is 12.1 Å². The Hall–Kier alpha value is -0.580. The van der Waals surface area contributed by atoms with Crippen LogP contribution in [0.15, 0.2) is 28.7 Å². The van der Waals surface area contributed by atoms with Crippen LogP contribution in [-0.2, 0) is 0 Å². The molecule has 1 aromatic carbocycles. The number of hydrogen-bond acceptors (Lipinski definition) is 3. The topological polar surface area (TPSA) is 35.5 Å². The molecule has 2 rings (SSSR count). The molecular weight excluding hydrogens is 304 g/mol. The maximum atomic E-state index is 10.4. The Bertz CT molecular complexity index is 416. The van der Waals surface area contributed by atoms with E-state index in [4.69, 9.17) is 0 Å². The number of likely N-dealkylation sites (N-methyl/N-ethyl adjacent to an activating group) is 1. The van der Waals surface area contributed by atoms with Crippen LogP contribution < -0.4 is 10.2 Å². The molecule has 0 aliphatic heterocycles. The van der Waals surface area contributed by atoms with E-state index in [0.717, 1.165) is 30.2 Å². The van der Waals surface area contributed by atoms with Gasteiger partial charge < -0.3 is 15.3 Å². The van der Waals surface area contributed by atoms with Crippen molar-refractivity contribution in [3.8, 4) is 0 Å². The molecule has 1 aliphatic carbocycles. The lowest BCUT2D eigenvalue weighted by atomic mass is 9.81. The van der Waals surface area contributed by atoms with Gasteiger partial charge in [0, 0.05) is 24.1 Å². The predicted octanol–water partition coefficient (Wildman–Crippen LogP) is 2.78. The van der Waals surface area contributed by atoms with Gasteiger partial charge in [0.05, 0.1) is 11.3 Å². The van der Waals surface area contributed by atoms with Crippen molar-refractivity contribution in [1.29, 1.82) is 0 Å². The number of para-hydroxylation sites is 1. The van der Waals surface area contributed by atoms with Gasteiger partial charge in [-0.15, -0.1) is 0 Å². The first kappa shape index (κ1) is 14.8. The second-order valence-corrected chi connectivity index (χ2v) is 6.40. The Labute approximate surface area is 124 Å². The third-order valence-electron chi connectivity index (χ3n) is 4.17. The van der Waals surface area contributed by atoms with Gasteiger partial charge in [0.15, 0.2) is 0 Å². The molecule has 1 aromatic rings. The SMILES string of the molecule is CNCC1(O)CCC(N(C)c2ccccc2Br)CC1. The van der Waals surface area contributed by atoms with E-state index in [0.29, 0.717) is 12.6 Å². The maximum absolute atomic E-state index is 10.4.